The number of carbonyl (C=O) groups is 2. The zero-order chi connectivity index (χ0) is 31.4. The van der Waals surface area contributed by atoms with Crippen LogP contribution in [-0.4, -0.2) is 81.0 Å². The van der Waals surface area contributed by atoms with Crippen molar-refractivity contribution in [3.8, 4) is 17.2 Å². The molecule has 0 aromatic heterocycles. The lowest BCUT2D eigenvalue weighted by Crippen LogP contribution is -2.47. The quantitative estimate of drug-likeness (QED) is 0.343. The largest absolute Gasteiger partial charge is 0.493 e. The normalized spacial score (nSPS) is 22.0. The molecule has 3 N–H and O–H groups in total. The van der Waals surface area contributed by atoms with Gasteiger partial charge in [-0.05, 0) is 48.2 Å². The van der Waals surface area contributed by atoms with Gasteiger partial charge in [-0.3, -0.25) is 14.5 Å². The Bertz CT molecular complexity index is 1330. The number of hydrogen-bond donors (Lipinski definition) is 2. The molecule has 11 heteroatoms. The van der Waals surface area contributed by atoms with Gasteiger partial charge in [0.2, 0.25) is 18.4 Å². The van der Waals surface area contributed by atoms with Crippen LogP contribution in [0.15, 0.2) is 36.4 Å². The van der Waals surface area contributed by atoms with E-state index in [9.17, 15) is 14.7 Å². The number of carboxylic acids is 1. The summed E-state index contributed by atoms with van der Waals surface area (Å²) >= 11 is 0. The van der Waals surface area contributed by atoms with Crippen molar-refractivity contribution in [1.29, 1.82) is 0 Å². The number of likely N-dealkylation sites (tertiary alicyclic amines) is 1. The Morgan fingerprint density at radius 1 is 1.16 bits per heavy atom. The second kappa shape index (κ2) is 13.7. The Morgan fingerprint density at radius 3 is 2.61 bits per heavy atom. The molecule has 5 rings (SSSR count). The van der Waals surface area contributed by atoms with Crippen LogP contribution in [0.1, 0.15) is 57.1 Å². The van der Waals surface area contributed by atoms with E-state index in [0.717, 1.165) is 29.7 Å². The van der Waals surface area contributed by atoms with Crippen LogP contribution in [-0.2, 0) is 25.6 Å². The molecule has 1 amide bonds. The summed E-state index contributed by atoms with van der Waals surface area (Å²) < 4.78 is 28.6. The molecule has 2 aromatic rings. The van der Waals surface area contributed by atoms with E-state index in [0.29, 0.717) is 56.5 Å². The van der Waals surface area contributed by atoms with Crippen LogP contribution >= 0.6 is 0 Å². The molecule has 0 aliphatic carbocycles. The third-order valence-corrected chi connectivity index (χ3v) is 8.97. The highest BCUT2D eigenvalue weighted by Crippen LogP contribution is 2.49. The van der Waals surface area contributed by atoms with Gasteiger partial charge in [-0.15, -0.1) is 0 Å². The number of rotatable bonds is 13. The fourth-order valence-corrected chi connectivity index (χ4v) is 6.72. The minimum Gasteiger partial charge on any atom is -0.493 e. The number of fused-ring (bicyclic) bond motifs is 1. The van der Waals surface area contributed by atoms with E-state index in [-0.39, 0.29) is 19.2 Å². The molecule has 0 saturated carbocycles. The van der Waals surface area contributed by atoms with Crippen LogP contribution in [0.4, 0.5) is 5.69 Å². The van der Waals surface area contributed by atoms with Gasteiger partial charge in [0.1, 0.15) is 0 Å². The van der Waals surface area contributed by atoms with E-state index in [1.165, 1.54) is 0 Å². The minimum absolute atomic E-state index is 0.0612. The third-order valence-electron chi connectivity index (χ3n) is 8.97. The molecular formula is C33H45N3O8. The maximum Gasteiger partial charge on any atom is 0.308 e. The summed E-state index contributed by atoms with van der Waals surface area (Å²) in [5.74, 6) is -0.728. The van der Waals surface area contributed by atoms with Crippen molar-refractivity contribution in [1.82, 2.24) is 4.90 Å². The first kappa shape index (κ1) is 32.0. The number of methoxy groups -OCH3 is 1. The lowest BCUT2D eigenvalue weighted by molar-refractivity contribution is -0.147. The van der Waals surface area contributed by atoms with E-state index < -0.39 is 35.6 Å². The molecular weight excluding hydrogens is 566 g/mol. The lowest BCUT2D eigenvalue weighted by atomic mass is 9.77. The Balaban J connectivity index is 1.50. The van der Waals surface area contributed by atoms with Gasteiger partial charge in [0.25, 0.3) is 0 Å². The van der Waals surface area contributed by atoms with Gasteiger partial charge in [-0.25, -0.2) is 0 Å². The van der Waals surface area contributed by atoms with Gasteiger partial charge >= 0.3 is 5.97 Å². The number of ether oxygens (including phenoxy) is 5. The highest BCUT2D eigenvalue weighted by Gasteiger charge is 2.51. The lowest BCUT2D eigenvalue weighted by Gasteiger charge is -2.37. The smallest absolute Gasteiger partial charge is 0.308 e. The number of aliphatic carboxylic acids is 1. The van der Waals surface area contributed by atoms with Crippen LogP contribution in [0.5, 0.6) is 17.2 Å². The predicted molar refractivity (Wildman–Crippen MR) is 164 cm³/mol. The predicted octanol–water partition coefficient (Wildman–Crippen LogP) is 3.97. The molecule has 0 bridgehead atoms. The number of nitrogens with zero attached hydrogens (tertiary/aromatic N) is 2. The van der Waals surface area contributed by atoms with Crippen molar-refractivity contribution in [2.24, 2.45) is 17.1 Å². The molecule has 44 heavy (non-hydrogen) atoms. The standard InChI is InChI=1S/C33H45N3O8/c1-5-6-10-36(23-9-7-8-21(13-23)17-34)28(37)19-35-18-24(22-14-26(40-4)30-27(15-22)43-20-44-30)29(31(38)39)25(35)16-33(2,3)32-41-11-12-42-32/h7-9,13-15,24-25,29,32H,5-6,10-12,16-20,34H2,1-4H3,(H,38,39)/t24-,25+,29?/m1/s1. The van der Waals surface area contributed by atoms with Crippen LogP contribution in [0.25, 0.3) is 0 Å². The average Bonchev–Trinajstić information content (AvgIpc) is 3.78. The molecule has 3 atom stereocenters. The van der Waals surface area contributed by atoms with E-state index >= 15 is 0 Å². The van der Waals surface area contributed by atoms with Crippen LogP contribution < -0.4 is 24.8 Å². The number of hydrogen-bond acceptors (Lipinski definition) is 9. The maximum absolute atomic E-state index is 14.1. The third kappa shape index (κ3) is 6.66. The number of carbonyl (C=O) groups excluding carboxylic acids is 1. The monoisotopic (exact) mass is 611 g/mol. The summed E-state index contributed by atoms with van der Waals surface area (Å²) in [7, 11) is 1.55. The number of anilines is 1. The number of benzene rings is 2. The highest BCUT2D eigenvalue weighted by molar-refractivity contribution is 5.95. The summed E-state index contributed by atoms with van der Waals surface area (Å²) in [6, 6.07) is 10.9. The van der Waals surface area contributed by atoms with Gasteiger partial charge in [-0.1, -0.05) is 39.3 Å². The molecule has 3 heterocycles. The van der Waals surface area contributed by atoms with Crippen LogP contribution in [0.2, 0.25) is 0 Å². The second-order valence-corrected chi connectivity index (χ2v) is 12.5. The molecule has 2 aromatic carbocycles. The molecule has 1 unspecified atom stereocenters. The zero-order valence-electron chi connectivity index (χ0n) is 26.1. The van der Waals surface area contributed by atoms with Crippen molar-refractivity contribution in [2.75, 3.05) is 51.7 Å². The summed E-state index contributed by atoms with van der Waals surface area (Å²) in [4.78, 5) is 31.1. The topological polar surface area (TPSA) is 133 Å². The number of amides is 1. The van der Waals surface area contributed by atoms with Crippen molar-refractivity contribution >= 4 is 17.6 Å². The average molecular weight is 612 g/mol. The van der Waals surface area contributed by atoms with Crippen LogP contribution in [0.3, 0.4) is 0 Å². The highest BCUT2D eigenvalue weighted by atomic mass is 16.7. The fraction of sp³-hybridized carbons (Fsp3) is 0.576. The van der Waals surface area contributed by atoms with Gasteiger partial charge in [0.05, 0.1) is 32.8 Å². The summed E-state index contributed by atoms with van der Waals surface area (Å²) in [6.07, 6.45) is 1.76. The molecule has 0 spiro atoms. The first-order valence-corrected chi connectivity index (χ1v) is 15.4. The number of unbranched alkanes of at least 4 members (excludes halogenated alkanes) is 1. The molecule has 11 nitrogen and oxygen atoms in total. The summed E-state index contributed by atoms with van der Waals surface area (Å²) in [5, 5.41) is 10.7. The maximum atomic E-state index is 14.1. The van der Waals surface area contributed by atoms with E-state index in [4.69, 9.17) is 29.4 Å². The van der Waals surface area contributed by atoms with Crippen molar-refractivity contribution in [3.63, 3.8) is 0 Å². The van der Waals surface area contributed by atoms with E-state index in [1.807, 2.05) is 55.1 Å². The summed E-state index contributed by atoms with van der Waals surface area (Å²) in [6.45, 7) is 8.58. The molecule has 2 fully saturated rings. The minimum atomic E-state index is -0.922. The zero-order valence-corrected chi connectivity index (χ0v) is 26.1. The first-order chi connectivity index (χ1) is 21.2. The fourth-order valence-electron chi connectivity index (χ4n) is 6.72. The van der Waals surface area contributed by atoms with E-state index in [2.05, 4.69) is 6.92 Å². The number of carboxylic acid groups (broad SMARTS) is 1. The Hall–Kier alpha value is -3.38. The summed E-state index contributed by atoms with van der Waals surface area (Å²) in [5.41, 5.74) is 7.91. The van der Waals surface area contributed by atoms with Gasteiger partial charge in [0, 0.05) is 42.7 Å². The van der Waals surface area contributed by atoms with Crippen molar-refractivity contribution in [3.05, 3.63) is 47.5 Å². The van der Waals surface area contributed by atoms with Crippen molar-refractivity contribution < 1.29 is 38.4 Å². The van der Waals surface area contributed by atoms with Gasteiger partial charge in [-0.2, -0.15) is 0 Å². The van der Waals surface area contributed by atoms with Crippen LogP contribution in [0, 0.1) is 11.3 Å². The molecule has 2 saturated heterocycles. The van der Waals surface area contributed by atoms with Gasteiger partial charge < -0.3 is 39.4 Å². The van der Waals surface area contributed by atoms with Gasteiger partial charge in [0.15, 0.2) is 17.8 Å². The molecule has 0 radical (unpaired) electrons. The van der Waals surface area contributed by atoms with E-state index in [1.54, 1.807) is 12.0 Å². The molecule has 3 aliphatic rings. The van der Waals surface area contributed by atoms with Crippen molar-refractivity contribution in [2.45, 2.75) is 64.8 Å². The molecule has 3 aliphatic heterocycles. The number of nitrogens with two attached hydrogens (primary N) is 1. The first-order valence-electron chi connectivity index (χ1n) is 15.4. The Kier molecular flexibility index (Phi) is 9.99. The second-order valence-electron chi connectivity index (χ2n) is 12.5. The molecule has 240 valence electrons. The Morgan fingerprint density at radius 2 is 1.93 bits per heavy atom. The SMILES string of the molecule is CCCCN(C(=O)CN1C[C@H](c2cc(OC)c3c(c2)OCO3)C(C(=O)O)[C@@H]1CC(C)(C)C1OCCO1)c1cccc(CN)c1. The Labute approximate surface area is 259 Å².